The Hall–Kier alpha value is -0.430. The van der Waals surface area contributed by atoms with Gasteiger partial charge in [0.15, 0.2) is 0 Å². The van der Waals surface area contributed by atoms with E-state index in [9.17, 15) is 8.42 Å². The molecule has 1 atom stereocenters. The smallest absolute Gasteiger partial charge is 0.210 e. The molecule has 1 fully saturated rings. The Kier molecular flexibility index (Phi) is 4.77. The van der Waals surface area contributed by atoms with Crippen LogP contribution in [0.4, 0.5) is 0 Å². The molecule has 6 heteroatoms. The van der Waals surface area contributed by atoms with Crippen molar-refractivity contribution in [1.82, 2.24) is 5.32 Å². The summed E-state index contributed by atoms with van der Waals surface area (Å²) in [7, 11) is -3.37. The predicted octanol–water partition coefficient (Wildman–Crippen LogP) is 1.86. The summed E-state index contributed by atoms with van der Waals surface area (Å²) in [6.45, 7) is 0.428. The molecular weight excluding hydrogens is 268 g/mol. The zero-order chi connectivity index (χ0) is 13.0. The molecule has 0 bridgehead atoms. The Bertz CT molecular complexity index is 450. The van der Waals surface area contributed by atoms with Gasteiger partial charge in [-0.3, -0.25) is 0 Å². The van der Waals surface area contributed by atoms with Gasteiger partial charge < -0.3 is 5.32 Å². The summed E-state index contributed by atoms with van der Waals surface area (Å²) in [5.41, 5.74) is 0. The predicted molar refractivity (Wildman–Crippen MR) is 75.0 cm³/mol. The van der Waals surface area contributed by atoms with Crippen LogP contribution in [0.5, 0.6) is 0 Å². The molecule has 102 valence electrons. The van der Waals surface area contributed by atoms with Crippen LogP contribution >= 0.6 is 11.3 Å². The van der Waals surface area contributed by atoms with Crippen molar-refractivity contribution in [2.45, 2.75) is 31.7 Å². The highest BCUT2D eigenvalue weighted by Gasteiger charge is 2.26. The fourth-order valence-corrected chi connectivity index (χ4v) is 3.91. The second-order valence-electron chi connectivity index (χ2n) is 4.86. The molecule has 18 heavy (non-hydrogen) atoms. The van der Waals surface area contributed by atoms with Gasteiger partial charge in [-0.2, -0.15) is 0 Å². The van der Waals surface area contributed by atoms with Crippen molar-refractivity contribution in [1.29, 1.82) is 0 Å². The number of primary sulfonamides is 1. The van der Waals surface area contributed by atoms with Crippen LogP contribution in [0.15, 0.2) is 17.5 Å². The molecule has 1 saturated carbocycles. The minimum Gasteiger partial charge on any atom is -0.308 e. The monoisotopic (exact) mass is 288 g/mol. The van der Waals surface area contributed by atoms with Crippen molar-refractivity contribution in [3.63, 3.8) is 0 Å². The van der Waals surface area contributed by atoms with Gasteiger partial charge in [0.25, 0.3) is 0 Å². The number of hydrogen-bond acceptors (Lipinski definition) is 4. The second kappa shape index (κ2) is 6.14. The number of rotatable bonds is 6. The average molecular weight is 288 g/mol. The summed E-state index contributed by atoms with van der Waals surface area (Å²) in [6.07, 6.45) is 5.02. The maximum absolute atomic E-state index is 11.0. The Morgan fingerprint density at radius 1 is 1.44 bits per heavy atom. The van der Waals surface area contributed by atoms with E-state index in [4.69, 9.17) is 5.14 Å². The van der Waals surface area contributed by atoms with E-state index in [1.807, 2.05) is 6.07 Å². The molecule has 1 aliphatic carbocycles. The van der Waals surface area contributed by atoms with Gasteiger partial charge in [0.2, 0.25) is 10.0 Å². The lowest BCUT2D eigenvalue weighted by molar-refractivity contribution is 0.379. The molecule has 1 aromatic heterocycles. The Morgan fingerprint density at radius 3 is 2.72 bits per heavy atom. The molecule has 0 aliphatic heterocycles. The third kappa shape index (κ3) is 4.05. The van der Waals surface area contributed by atoms with Gasteiger partial charge in [0.1, 0.15) is 0 Å². The molecule has 3 N–H and O–H groups in total. The lowest BCUT2D eigenvalue weighted by Gasteiger charge is -2.23. The van der Waals surface area contributed by atoms with E-state index in [0.29, 0.717) is 12.5 Å². The van der Waals surface area contributed by atoms with E-state index in [2.05, 4.69) is 16.8 Å². The first kappa shape index (κ1) is 14.0. The summed E-state index contributed by atoms with van der Waals surface area (Å²) in [6, 6.07) is 4.45. The first-order valence-electron chi connectivity index (χ1n) is 6.33. The number of thiophene rings is 1. The fraction of sp³-hybridized carbons (Fsp3) is 0.667. The van der Waals surface area contributed by atoms with Gasteiger partial charge in [-0.15, -0.1) is 11.3 Å². The van der Waals surface area contributed by atoms with E-state index < -0.39 is 10.0 Å². The van der Waals surface area contributed by atoms with Gasteiger partial charge in [-0.1, -0.05) is 18.9 Å². The molecule has 0 saturated heterocycles. The van der Waals surface area contributed by atoms with E-state index >= 15 is 0 Å². The van der Waals surface area contributed by atoms with Crippen LogP contribution in [0.3, 0.4) is 0 Å². The molecule has 1 unspecified atom stereocenters. The molecule has 0 amide bonds. The van der Waals surface area contributed by atoms with Gasteiger partial charge in [0, 0.05) is 17.5 Å². The van der Waals surface area contributed by atoms with E-state index in [1.54, 1.807) is 11.3 Å². The van der Waals surface area contributed by atoms with Gasteiger partial charge >= 0.3 is 0 Å². The van der Waals surface area contributed by atoms with Crippen LogP contribution < -0.4 is 10.5 Å². The van der Waals surface area contributed by atoms with Crippen LogP contribution in [0.25, 0.3) is 0 Å². The topological polar surface area (TPSA) is 72.2 Å². The summed E-state index contributed by atoms with van der Waals surface area (Å²) >= 11 is 1.73. The molecule has 0 aromatic carbocycles. The minimum atomic E-state index is -3.37. The lowest BCUT2D eigenvalue weighted by Crippen LogP contribution is -2.32. The van der Waals surface area contributed by atoms with Gasteiger partial charge in [0.05, 0.1) is 5.75 Å². The quantitative estimate of drug-likeness (QED) is 0.839. The van der Waals surface area contributed by atoms with E-state index in [1.165, 1.54) is 30.6 Å². The van der Waals surface area contributed by atoms with E-state index in [-0.39, 0.29) is 11.8 Å². The van der Waals surface area contributed by atoms with Gasteiger partial charge in [-0.05, 0) is 30.2 Å². The number of hydrogen-bond donors (Lipinski definition) is 2. The van der Waals surface area contributed by atoms with Crippen LogP contribution in [0.2, 0.25) is 0 Å². The molecule has 2 rings (SSSR count). The molecule has 4 nitrogen and oxygen atoms in total. The molecular formula is C12H20N2O2S2. The third-order valence-corrected chi connectivity index (χ3v) is 5.20. The summed E-state index contributed by atoms with van der Waals surface area (Å²) in [5, 5.41) is 10.5. The molecule has 1 heterocycles. The van der Waals surface area contributed by atoms with Crippen LogP contribution in [-0.4, -0.2) is 20.7 Å². The van der Waals surface area contributed by atoms with Crippen molar-refractivity contribution in [3.05, 3.63) is 22.4 Å². The first-order chi connectivity index (χ1) is 8.56. The standard InChI is InChI=1S/C12H20N2O2S2/c13-18(15,16)9-7-14-12(10-4-1-2-5-10)11-6-3-8-17-11/h3,6,8,10,12,14H,1-2,4-5,7,9H2,(H2,13,15,16). The van der Waals surface area contributed by atoms with Gasteiger partial charge in [-0.25, -0.2) is 13.6 Å². The average Bonchev–Trinajstić information content (AvgIpc) is 2.96. The molecule has 0 radical (unpaired) electrons. The SMILES string of the molecule is NS(=O)(=O)CCNC(c1cccs1)C1CCCC1. The zero-order valence-electron chi connectivity index (χ0n) is 10.3. The number of sulfonamides is 1. The highest BCUT2D eigenvalue weighted by Crippen LogP contribution is 2.37. The Labute approximate surface area is 113 Å². The summed E-state index contributed by atoms with van der Waals surface area (Å²) in [4.78, 5) is 1.30. The summed E-state index contributed by atoms with van der Waals surface area (Å²) < 4.78 is 21.9. The molecule has 1 aromatic rings. The Balaban J connectivity index is 1.97. The van der Waals surface area contributed by atoms with Crippen molar-refractivity contribution in [2.75, 3.05) is 12.3 Å². The number of nitrogens with one attached hydrogen (secondary N) is 1. The van der Waals surface area contributed by atoms with Crippen LogP contribution in [0, 0.1) is 5.92 Å². The second-order valence-corrected chi connectivity index (χ2v) is 7.57. The highest BCUT2D eigenvalue weighted by molar-refractivity contribution is 7.89. The Morgan fingerprint density at radius 2 is 2.17 bits per heavy atom. The maximum atomic E-state index is 11.0. The van der Waals surface area contributed by atoms with Crippen molar-refractivity contribution < 1.29 is 8.42 Å². The summed E-state index contributed by atoms with van der Waals surface area (Å²) in [5.74, 6) is 0.630. The third-order valence-electron chi connectivity index (χ3n) is 3.47. The number of nitrogens with two attached hydrogens (primary N) is 1. The minimum absolute atomic E-state index is 0.00158. The van der Waals surface area contributed by atoms with E-state index in [0.717, 1.165) is 0 Å². The maximum Gasteiger partial charge on any atom is 0.210 e. The van der Waals surface area contributed by atoms with Crippen LogP contribution in [-0.2, 0) is 10.0 Å². The molecule has 0 spiro atoms. The first-order valence-corrected chi connectivity index (χ1v) is 8.93. The fourth-order valence-electron chi connectivity index (χ4n) is 2.62. The van der Waals surface area contributed by atoms with Crippen molar-refractivity contribution in [3.8, 4) is 0 Å². The van der Waals surface area contributed by atoms with Crippen molar-refractivity contribution in [2.24, 2.45) is 11.1 Å². The normalized spacial score (nSPS) is 19.2. The zero-order valence-corrected chi connectivity index (χ0v) is 12.0. The molecule has 1 aliphatic rings. The van der Waals surface area contributed by atoms with Crippen LogP contribution in [0.1, 0.15) is 36.6 Å². The largest absolute Gasteiger partial charge is 0.308 e. The highest BCUT2D eigenvalue weighted by atomic mass is 32.2. The lowest BCUT2D eigenvalue weighted by atomic mass is 9.97. The van der Waals surface area contributed by atoms with Crippen molar-refractivity contribution >= 4 is 21.4 Å².